The Morgan fingerprint density at radius 3 is 2.29 bits per heavy atom. The summed E-state index contributed by atoms with van der Waals surface area (Å²) in [6.45, 7) is 2.10. The van der Waals surface area contributed by atoms with Gasteiger partial charge < -0.3 is 10.1 Å². The van der Waals surface area contributed by atoms with Crippen LogP contribution in [0.5, 0.6) is 5.75 Å². The van der Waals surface area contributed by atoms with Gasteiger partial charge in [0, 0.05) is 28.6 Å². The van der Waals surface area contributed by atoms with Crippen LogP contribution in [0.4, 0.5) is 0 Å². The second kappa shape index (κ2) is 6.58. The van der Waals surface area contributed by atoms with Crippen molar-refractivity contribution in [2.45, 2.75) is 12.8 Å². The van der Waals surface area contributed by atoms with Crippen LogP contribution in [0.25, 0.3) is 21.7 Å². The van der Waals surface area contributed by atoms with Crippen LogP contribution in [0.2, 0.25) is 0 Å². The Kier molecular flexibility index (Phi) is 3.91. The van der Waals surface area contributed by atoms with Crippen molar-refractivity contribution in [3.63, 3.8) is 0 Å². The summed E-state index contributed by atoms with van der Waals surface area (Å²) in [6.07, 6.45) is 2.08. The first kappa shape index (κ1) is 16.6. The normalized spacial score (nSPS) is 12.5. The lowest BCUT2D eigenvalue weighted by Crippen LogP contribution is -2.04. The molecule has 0 saturated carbocycles. The predicted octanol–water partition coefficient (Wildman–Crippen LogP) is 6.52. The number of H-pyrrole nitrogens is 1. The first-order chi connectivity index (χ1) is 13.7. The lowest BCUT2D eigenvalue weighted by molar-refractivity contribution is 0.468. The molecule has 136 valence electrons. The Morgan fingerprint density at radius 1 is 0.750 bits per heavy atom. The van der Waals surface area contributed by atoms with E-state index in [4.69, 9.17) is 0 Å². The van der Waals surface area contributed by atoms with Crippen LogP contribution < -0.4 is 0 Å². The number of aromatic amines is 1. The van der Waals surface area contributed by atoms with Gasteiger partial charge in [-0.1, -0.05) is 78.4 Å². The zero-order chi connectivity index (χ0) is 19.1. The van der Waals surface area contributed by atoms with Crippen LogP contribution in [0.1, 0.15) is 28.2 Å². The van der Waals surface area contributed by atoms with Gasteiger partial charge in [0.05, 0.1) is 0 Å². The lowest BCUT2D eigenvalue weighted by Gasteiger charge is -2.21. The van der Waals surface area contributed by atoms with Gasteiger partial charge in [0.1, 0.15) is 5.75 Å². The van der Waals surface area contributed by atoms with Crippen LogP contribution >= 0.6 is 0 Å². The molecule has 1 aromatic heterocycles. The van der Waals surface area contributed by atoms with E-state index < -0.39 is 0 Å². The summed E-state index contributed by atoms with van der Waals surface area (Å²) < 4.78 is 0. The molecule has 4 aromatic carbocycles. The first-order valence-electron chi connectivity index (χ1n) is 9.55. The summed E-state index contributed by atoms with van der Waals surface area (Å²) in [5.74, 6) is 0.261. The molecule has 5 rings (SSSR count). The van der Waals surface area contributed by atoms with Gasteiger partial charge in [0.15, 0.2) is 0 Å². The van der Waals surface area contributed by atoms with Crippen molar-refractivity contribution in [3.8, 4) is 5.75 Å². The number of rotatable bonds is 3. The van der Waals surface area contributed by atoms with E-state index in [1.54, 1.807) is 0 Å². The topological polar surface area (TPSA) is 36.0 Å². The molecule has 0 aliphatic rings. The van der Waals surface area contributed by atoms with Crippen molar-refractivity contribution in [1.29, 1.82) is 0 Å². The standard InChI is InChI=1S/C26H21NO/c1-17-10-12-19(13-11-17)25(22-16-27-23-9-5-4-8-21(22)23)26-20-7-3-2-6-18(20)14-15-24(26)28/h2-16,25,27-28H,1H3. The van der Waals surface area contributed by atoms with E-state index in [1.807, 2.05) is 30.3 Å². The number of aryl methyl sites for hydroxylation is 1. The molecule has 28 heavy (non-hydrogen) atoms. The maximum atomic E-state index is 11.0. The molecular formula is C26H21NO. The SMILES string of the molecule is Cc1ccc(C(c2c(O)ccc3ccccc23)c2c[nH]c3ccccc23)cc1. The first-order valence-corrected chi connectivity index (χ1v) is 9.55. The minimum atomic E-state index is -0.0668. The molecule has 0 amide bonds. The number of fused-ring (bicyclic) bond motifs is 2. The highest BCUT2D eigenvalue weighted by Crippen LogP contribution is 2.43. The van der Waals surface area contributed by atoms with Gasteiger partial charge in [0.25, 0.3) is 0 Å². The molecule has 0 saturated heterocycles. The summed E-state index contributed by atoms with van der Waals surface area (Å²) in [6, 6.07) is 29.0. The van der Waals surface area contributed by atoms with Crippen LogP contribution in [-0.2, 0) is 0 Å². The summed E-state index contributed by atoms with van der Waals surface area (Å²) in [5, 5.41) is 14.4. The Labute approximate surface area is 164 Å². The molecule has 1 unspecified atom stereocenters. The van der Waals surface area contributed by atoms with E-state index in [1.165, 1.54) is 22.1 Å². The molecule has 0 spiro atoms. The van der Waals surface area contributed by atoms with Crippen molar-refractivity contribution in [3.05, 3.63) is 113 Å². The highest BCUT2D eigenvalue weighted by molar-refractivity contribution is 5.91. The molecular weight excluding hydrogens is 342 g/mol. The molecule has 1 atom stereocenters. The fraction of sp³-hybridized carbons (Fsp3) is 0.0769. The maximum absolute atomic E-state index is 11.0. The Hall–Kier alpha value is -3.52. The summed E-state index contributed by atoms with van der Waals surface area (Å²) >= 11 is 0. The predicted molar refractivity (Wildman–Crippen MR) is 116 cm³/mol. The summed E-state index contributed by atoms with van der Waals surface area (Å²) in [7, 11) is 0. The Bertz CT molecular complexity index is 1280. The Morgan fingerprint density at radius 2 is 1.46 bits per heavy atom. The van der Waals surface area contributed by atoms with Gasteiger partial charge in [-0.05, 0) is 41.0 Å². The minimum Gasteiger partial charge on any atom is -0.508 e. The van der Waals surface area contributed by atoms with Gasteiger partial charge >= 0.3 is 0 Å². The van der Waals surface area contributed by atoms with E-state index in [2.05, 4.69) is 72.7 Å². The fourth-order valence-corrected chi connectivity index (χ4v) is 4.18. The molecule has 0 bridgehead atoms. The van der Waals surface area contributed by atoms with E-state index >= 15 is 0 Å². The van der Waals surface area contributed by atoms with E-state index in [9.17, 15) is 5.11 Å². The van der Waals surface area contributed by atoms with Crippen LogP contribution in [0, 0.1) is 6.92 Å². The molecule has 2 nitrogen and oxygen atoms in total. The second-order valence-corrected chi connectivity index (χ2v) is 7.35. The summed E-state index contributed by atoms with van der Waals surface area (Å²) in [5.41, 5.74) is 5.62. The zero-order valence-corrected chi connectivity index (χ0v) is 15.7. The van der Waals surface area contributed by atoms with Gasteiger partial charge in [-0.15, -0.1) is 0 Å². The number of aromatic nitrogens is 1. The third kappa shape index (κ3) is 2.66. The smallest absolute Gasteiger partial charge is 0.120 e. The van der Waals surface area contributed by atoms with Gasteiger partial charge in [-0.3, -0.25) is 0 Å². The minimum absolute atomic E-state index is 0.0668. The Balaban J connectivity index is 1.86. The molecule has 1 heterocycles. The van der Waals surface area contributed by atoms with E-state index in [0.29, 0.717) is 5.75 Å². The monoisotopic (exact) mass is 363 g/mol. The molecule has 5 aromatic rings. The number of benzene rings is 4. The molecule has 2 N–H and O–H groups in total. The average molecular weight is 363 g/mol. The van der Waals surface area contributed by atoms with Crippen LogP contribution in [0.3, 0.4) is 0 Å². The number of phenols is 1. The number of nitrogens with one attached hydrogen (secondary N) is 1. The van der Waals surface area contributed by atoms with Gasteiger partial charge in [-0.2, -0.15) is 0 Å². The lowest BCUT2D eigenvalue weighted by atomic mass is 9.82. The quantitative estimate of drug-likeness (QED) is 0.376. The van der Waals surface area contributed by atoms with E-state index in [0.717, 1.165) is 21.9 Å². The zero-order valence-electron chi connectivity index (χ0n) is 15.7. The fourth-order valence-electron chi connectivity index (χ4n) is 4.18. The number of para-hydroxylation sites is 1. The molecule has 0 radical (unpaired) electrons. The van der Waals surface area contributed by atoms with Crippen molar-refractivity contribution in [1.82, 2.24) is 4.98 Å². The number of hydrogen-bond donors (Lipinski definition) is 2. The highest BCUT2D eigenvalue weighted by atomic mass is 16.3. The van der Waals surface area contributed by atoms with Crippen molar-refractivity contribution < 1.29 is 5.11 Å². The van der Waals surface area contributed by atoms with Crippen LogP contribution in [-0.4, -0.2) is 10.1 Å². The molecule has 2 heteroatoms. The third-order valence-corrected chi connectivity index (χ3v) is 5.58. The third-order valence-electron chi connectivity index (χ3n) is 5.58. The molecule has 0 aliphatic carbocycles. The number of hydrogen-bond acceptors (Lipinski definition) is 1. The number of aromatic hydroxyl groups is 1. The summed E-state index contributed by atoms with van der Waals surface area (Å²) in [4.78, 5) is 3.41. The van der Waals surface area contributed by atoms with Crippen molar-refractivity contribution in [2.75, 3.05) is 0 Å². The van der Waals surface area contributed by atoms with Crippen LogP contribution in [0.15, 0.2) is 91.1 Å². The highest BCUT2D eigenvalue weighted by Gasteiger charge is 2.24. The molecule has 0 fully saturated rings. The van der Waals surface area contributed by atoms with Gasteiger partial charge in [-0.25, -0.2) is 0 Å². The second-order valence-electron chi connectivity index (χ2n) is 7.35. The van der Waals surface area contributed by atoms with Gasteiger partial charge in [0.2, 0.25) is 0 Å². The van der Waals surface area contributed by atoms with Crippen molar-refractivity contribution >= 4 is 21.7 Å². The largest absolute Gasteiger partial charge is 0.508 e. The number of phenolic OH excluding ortho intramolecular Hbond substituents is 1. The van der Waals surface area contributed by atoms with E-state index in [-0.39, 0.29) is 5.92 Å². The maximum Gasteiger partial charge on any atom is 0.120 e. The molecule has 0 aliphatic heterocycles. The average Bonchev–Trinajstić information content (AvgIpc) is 3.15. The van der Waals surface area contributed by atoms with Crippen molar-refractivity contribution in [2.24, 2.45) is 0 Å².